The molecule has 0 saturated carbocycles. The van der Waals surface area contributed by atoms with Gasteiger partial charge in [0.05, 0.1) is 31.0 Å². The van der Waals surface area contributed by atoms with Gasteiger partial charge in [0.1, 0.15) is 13.2 Å². The van der Waals surface area contributed by atoms with E-state index in [0.29, 0.717) is 6.42 Å². The van der Waals surface area contributed by atoms with Crippen LogP contribution in [0.15, 0.2) is 12.2 Å². The summed E-state index contributed by atoms with van der Waals surface area (Å²) in [7, 11) is 0. The molecule has 1 unspecified atom stereocenters. The zero-order valence-corrected chi connectivity index (χ0v) is 47.1. The molecule has 0 aliphatic carbocycles. The summed E-state index contributed by atoms with van der Waals surface area (Å²) >= 11 is 0. The van der Waals surface area contributed by atoms with Crippen molar-refractivity contribution < 1.29 is 29.3 Å². The van der Waals surface area contributed by atoms with Crippen molar-refractivity contribution in [1.29, 1.82) is 0 Å². The average Bonchev–Trinajstić information content (AvgIpc) is 3.43. The Kier molecular flexibility index (Phi) is 51.3. The standard InChI is InChI=1S/C64H122O6/c1-2-3-4-5-6-7-8-9-10-11-12-13-14-15-16-17-18-19-20-21-22-23-24-25-26-27-28-29-30-31-32-33-34-35-36-37-38-39-40-41-42-43-44-45-46-47-48-49-50-51-52-53-54-55-61-56-62(67)69-59-64(57-65,58-66)60-70-63(61)68/h5-6,61,65-66H,2-4,7-60H2,1H3/b6-5+. The van der Waals surface area contributed by atoms with Gasteiger partial charge in [0.2, 0.25) is 0 Å². The highest BCUT2D eigenvalue weighted by atomic mass is 16.6. The van der Waals surface area contributed by atoms with Gasteiger partial charge in [-0.1, -0.05) is 327 Å². The molecule has 1 saturated heterocycles. The predicted octanol–water partition coefficient (Wildman–Crippen LogP) is 19.9. The minimum absolute atomic E-state index is 0.00521. The van der Waals surface area contributed by atoms with E-state index in [4.69, 9.17) is 9.47 Å². The molecular formula is C64H122O6. The topological polar surface area (TPSA) is 93.1 Å². The Morgan fingerprint density at radius 2 is 0.614 bits per heavy atom. The highest BCUT2D eigenvalue weighted by Gasteiger charge is 2.36. The lowest BCUT2D eigenvalue weighted by molar-refractivity contribution is -0.155. The molecule has 6 nitrogen and oxygen atoms in total. The van der Waals surface area contributed by atoms with Crippen LogP contribution in [0.2, 0.25) is 0 Å². The van der Waals surface area contributed by atoms with E-state index in [1.807, 2.05) is 0 Å². The molecule has 0 aromatic carbocycles. The van der Waals surface area contributed by atoms with E-state index in [1.165, 1.54) is 308 Å². The maximum absolute atomic E-state index is 12.5. The highest BCUT2D eigenvalue weighted by molar-refractivity contribution is 5.80. The minimum Gasteiger partial charge on any atom is -0.465 e. The van der Waals surface area contributed by atoms with E-state index < -0.39 is 36.5 Å². The van der Waals surface area contributed by atoms with E-state index in [2.05, 4.69) is 19.1 Å². The third-order valence-corrected chi connectivity index (χ3v) is 15.8. The van der Waals surface area contributed by atoms with Crippen molar-refractivity contribution in [1.82, 2.24) is 0 Å². The molecular weight excluding hydrogens is 865 g/mol. The first kappa shape index (κ1) is 66.6. The van der Waals surface area contributed by atoms with Gasteiger partial charge < -0.3 is 19.7 Å². The van der Waals surface area contributed by atoms with Gasteiger partial charge in [-0.05, 0) is 25.7 Å². The summed E-state index contributed by atoms with van der Waals surface area (Å²) in [6, 6.07) is 0. The van der Waals surface area contributed by atoms with Crippen LogP contribution in [0, 0.1) is 11.3 Å². The zero-order valence-electron chi connectivity index (χ0n) is 47.1. The van der Waals surface area contributed by atoms with Crippen molar-refractivity contribution in [2.45, 2.75) is 347 Å². The number of aliphatic hydroxyl groups is 2. The van der Waals surface area contributed by atoms with Gasteiger partial charge in [-0.15, -0.1) is 0 Å². The predicted molar refractivity (Wildman–Crippen MR) is 302 cm³/mol. The Morgan fingerprint density at radius 3 is 0.886 bits per heavy atom. The third kappa shape index (κ3) is 45.2. The number of hydrogen-bond donors (Lipinski definition) is 2. The molecule has 0 amide bonds. The average molecular weight is 988 g/mol. The maximum Gasteiger partial charge on any atom is 0.309 e. The van der Waals surface area contributed by atoms with Crippen molar-refractivity contribution in [3.63, 3.8) is 0 Å². The molecule has 0 spiro atoms. The van der Waals surface area contributed by atoms with Gasteiger partial charge in [0.25, 0.3) is 0 Å². The van der Waals surface area contributed by atoms with Crippen LogP contribution in [-0.2, 0) is 19.1 Å². The number of carbonyl (C=O) groups is 2. The number of ether oxygens (including phenoxy) is 2. The van der Waals surface area contributed by atoms with E-state index >= 15 is 0 Å². The SMILES string of the molecule is CCCC/C=C/CCCCCCCCCCCCCCCCCCCCCCCCCCCCCCCCCCCCCCCCCCCCCCCCCC1CC(=O)OCC(CO)(CO)COC1=O. The molecule has 6 heteroatoms. The van der Waals surface area contributed by atoms with Crippen molar-refractivity contribution in [2.75, 3.05) is 26.4 Å². The van der Waals surface area contributed by atoms with Crippen LogP contribution in [0.25, 0.3) is 0 Å². The number of allylic oxidation sites excluding steroid dienone is 2. The molecule has 1 rings (SSSR count). The molecule has 1 aliphatic heterocycles. The number of unbranched alkanes of at least 4 members (excludes halogenated alkanes) is 49. The molecule has 2 N–H and O–H groups in total. The fraction of sp³-hybridized carbons (Fsp3) is 0.938. The number of carbonyl (C=O) groups excluding carboxylic acids is 2. The zero-order chi connectivity index (χ0) is 50.4. The van der Waals surface area contributed by atoms with E-state index in [0.717, 1.165) is 19.3 Å². The first-order chi connectivity index (χ1) is 34.6. The van der Waals surface area contributed by atoms with Crippen molar-refractivity contribution >= 4 is 11.9 Å². The minimum atomic E-state index is -1.12. The lowest BCUT2D eigenvalue weighted by atomic mass is 9.92. The lowest BCUT2D eigenvalue weighted by Crippen LogP contribution is -2.40. The molecule has 1 atom stereocenters. The molecule has 70 heavy (non-hydrogen) atoms. The summed E-state index contributed by atoms with van der Waals surface area (Å²) < 4.78 is 10.6. The molecule has 0 aromatic heterocycles. The second-order valence-electron chi connectivity index (χ2n) is 22.8. The Bertz CT molecular complexity index is 1100. The molecule has 1 aliphatic rings. The van der Waals surface area contributed by atoms with Crippen LogP contribution < -0.4 is 0 Å². The Hall–Kier alpha value is -1.40. The molecule has 0 bridgehead atoms. The van der Waals surface area contributed by atoms with Gasteiger partial charge >= 0.3 is 11.9 Å². The molecule has 414 valence electrons. The maximum atomic E-state index is 12.5. The number of cyclic esters (lactones) is 2. The summed E-state index contributed by atoms with van der Waals surface area (Å²) in [6.45, 7) is 1.18. The van der Waals surface area contributed by atoms with Crippen LogP contribution in [0.5, 0.6) is 0 Å². The second kappa shape index (κ2) is 53.9. The Morgan fingerprint density at radius 1 is 0.371 bits per heavy atom. The van der Waals surface area contributed by atoms with Gasteiger partial charge in [-0.25, -0.2) is 0 Å². The highest BCUT2D eigenvalue weighted by Crippen LogP contribution is 2.25. The van der Waals surface area contributed by atoms with Gasteiger partial charge in [-0.3, -0.25) is 9.59 Å². The summed E-state index contributed by atoms with van der Waals surface area (Å²) in [5.41, 5.74) is -1.12. The fourth-order valence-corrected chi connectivity index (χ4v) is 10.6. The third-order valence-electron chi connectivity index (χ3n) is 15.8. The van der Waals surface area contributed by atoms with Crippen LogP contribution in [0.3, 0.4) is 0 Å². The smallest absolute Gasteiger partial charge is 0.309 e. The fourth-order valence-electron chi connectivity index (χ4n) is 10.6. The van der Waals surface area contributed by atoms with E-state index in [-0.39, 0.29) is 19.6 Å². The first-order valence-electron chi connectivity index (χ1n) is 31.8. The van der Waals surface area contributed by atoms with Gasteiger partial charge in [0.15, 0.2) is 0 Å². The summed E-state index contributed by atoms with van der Waals surface area (Å²) in [5.74, 6) is -1.40. The molecule has 0 radical (unpaired) electrons. The second-order valence-corrected chi connectivity index (χ2v) is 22.8. The lowest BCUT2D eigenvalue weighted by Gasteiger charge is -2.27. The van der Waals surface area contributed by atoms with Crippen molar-refractivity contribution in [2.24, 2.45) is 11.3 Å². The quantitative estimate of drug-likeness (QED) is 0.0358. The number of aliphatic hydroxyl groups excluding tert-OH is 2. The van der Waals surface area contributed by atoms with E-state index in [1.54, 1.807) is 0 Å². The summed E-state index contributed by atoms with van der Waals surface area (Å²) in [6.07, 6.45) is 77.2. The largest absolute Gasteiger partial charge is 0.465 e. The number of esters is 2. The van der Waals surface area contributed by atoms with Crippen molar-refractivity contribution in [3.8, 4) is 0 Å². The first-order valence-corrected chi connectivity index (χ1v) is 31.8. The Labute approximate surface area is 436 Å². The number of hydrogen-bond acceptors (Lipinski definition) is 6. The molecule has 0 aromatic rings. The van der Waals surface area contributed by atoms with Crippen LogP contribution in [0.4, 0.5) is 0 Å². The number of rotatable bonds is 55. The van der Waals surface area contributed by atoms with Gasteiger partial charge in [0, 0.05) is 0 Å². The van der Waals surface area contributed by atoms with Crippen molar-refractivity contribution in [3.05, 3.63) is 12.2 Å². The molecule has 1 heterocycles. The molecule has 1 fully saturated rings. The van der Waals surface area contributed by atoms with Crippen LogP contribution in [0.1, 0.15) is 347 Å². The summed E-state index contributed by atoms with van der Waals surface area (Å²) in [5, 5.41) is 19.2. The van der Waals surface area contributed by atoms with E-state index in [9.17, 15) is 19.8 Å². The monoisotopic (exact) mass is 987 g/mol. The van der Waals surface area contributed by atoms with Crippen LogP contribution >= 0.6 is 0 Å². The Balaban J connectivity index is 1.67. The van der Waals surface area contributed by atoms with Gasteiger partial charge in [-0.2, -0.15) is 0 Å². The summed E-state index contributed by atoms with van der Waals surface area (Å²) in [4.78, 5) is 24.7. The normalized spacial score (nSPS) is 15.3. The van der Waals surface area contributed by atoms with Crippen LogP contribution in [-0.4, -0.2) is 48.6 Å².